The molecule has 21 heavy (non-hydrogen) atoms. The van der Waals surface area contributed by atoms with Crippen LogP contribution >= 0.6 is 11.3 Å². The third kappa shape index (κ3) is 3.33. The van der Waals surface area contributed by atoms with Gasteiger partial charge in [0.05, 0.1) is 25.3 Å². The van der Waals surface area contributed by atoms with Crippen molar-refractivity contribution in [2.75, 3.05) is 6.54 Å². The number of furan rings is 1. The zero-order valence-electron chi connectivity index (χ0n) is 11.5. The van der Waals surface area contributed by atoms with E-state index in [4.69, 9.17) is 4.42 Å². The van der Waals surface area contributed by atoms with E-state index in [0.717, 1.165) is 10.6 Å². The van der Waals surface area contributed by atoms with Crippen LogP contribution in [-0.2, 0) is 22.7 Å². The highest BCUT2D eigenvalue weighted by molar-refractivity contribution is 7.09. The Morgan fingerprint density at radius 2 is 2.33 bits per heavy atom. The molecule has 1 saturated heterocycles. The molecule has 1 N–H and O–H groups in total. The van der Waals surface area contributed by atoms with Crippen LogP contribution in [0.5, 0.6) is 0 Å². The van der Waals surface area contributed by atoms with Crippen LogP contribution in [-0.4, -0.2) is 23.3 Å². The average Bonchev–Trinajstić information content (AvgIpc) is 3.20. The summed E-state index contributed by atoms with van der Waals surface area (Å²) in [7, 11) is 0. The molecule has 1 aliphatic heterocycles. The predicted octanol–water partition coefficient (Wildman–Crippen LogP) is 2.01. The standard InChI is InChI=1S/C15H16N2O3S/c18-14-7-11(9-17(14)10-12-3-1-5-20-12)15(19)16-8-13-4-2-6-21-13/h1-6,11H,7-10H2,(H,16,19). The molecule has 5 nitrogen and oxygen atoms in total. The quantitative estimate of drug-likeness (QED) is 0.919. The van der Waals surface area contributed by atoms with Crippen molar-refractivity contribution in [2.45, 2.75) is 19.5 Å². The lowest BCUT2D eigenvalue weighted by atomic mass is 10.1. The second kappa shape index (κ2) is 6.13. The van der Waals surface area contributed by atoms with E-state index in [-0.39, 0.29) is 24.2 Å². The van der Waals surface area contributed by atoms with E-state index < -0.39 is 0 Å². The fraction of sp³-hybridized carbons (Fsp3) is 0.333. The summed E-state index contributed by atoms with van der Waals surface area (Å²) in [5.41, 5.74) is 0. The Morgan fingerprint density at radius 1 is 1.43 bits per heavy atom. The zero-order chi connectivity index (χ0) is 14.7. The van der Waals surface area contributed by atoms with Gasteiger partial charge in [-0.2, -0.15) is 0 Å². The first-order valence-corrected chi connectivity index (χ1v) is 7.70. The van der Waals surface area contributed by atoms with Crippen LogP contribution in [0.15, 0.2) is 40.3 Å². The molecule has 2 aromatic rings. The Balaban J connectivity index is 1.52. The molecule has 1 atom stereocenters. The number of carbonyl (C=O) groups excluding carboxylic acids is 2. The maximum atomic E-state index is 12.1. The summed E-state index contributed by atoms with van der Waals surface area (Å²) < 4.78 is 5.24. The van der Waals surface area contributed by atoms with E-state index in [9.17, 15) is 9.59 Å². The third-order valence-corrected chi connectivity index (χ3v) is 4.41. The van der Waals surface area contributed by atoms with Crippen LogP contribution in [0.4, 0.5) is 0 Å². The number of nitrogens with zero attached hydrogens (tertiary/aromatic N) is 1. The predicted molar refractivity (Wildman–Crippen MR) is 78.4 cm³/mol. The molecule has 2 amide bonds. The van der Waals surface area contributed by atoms with Gasteiger partial charge in [0.2, 0.25) is 11.8 Å². The maximum absolute atomic E-state index is 12.1. The molecule has 110 valence electrons. The average molecular weight is 304 g/mol. The normalized spacial score (nSPS) is 18.2. The number of thiophene rings is 1. The van der Waals surface area contributed by atoms with Crippen molar-refractivity contribution in [3.63, 3.8) is 0 Å². The third-order valence-electron chi connectivity index (χ3n) is 3.53. The number of rotatable bonds is 5. The Morgan fingerprint density at radius 3 is 3.05 bits per heavy atom. The molecular formula is C15H16N2O3S. The smallest absolute Gasteiger partial charge is 0.225 e. The molecule has 1 fully saturated rings. The Labute approximate surface area is 126 Å². The first-order valence-electron chi connectivity index (χ1n) is 6.82. The second-order valence-corrected chi connectivity index (χ2v) is 6.08. The topological polar surface area (TPSA) is 62.6 Å². The number of hydrogen-bond acceptors (Lipinski definition) is 4. The molecule has 0 spiro atoms. The zero-order valence-corrected chi connectivity index (χ0v) is 12.3. The molecule has 0 aliphatic carbocycles. The SMILES string of the molecule is O=C(NCc1cccs1)C1CC(=O)N(Cc2ccco2)C1. The molecular weight excluding hydrogens is 288 g/mol. The maximum Gasteiger partial charge on any atom is 0.225 e. The molecule has 2 aromatic heterocycles. The van der Waals surface area contributed by atoms with E-state index in [1.807, 2.05) is 23.6 Å². The van der Waals surface area contributed by atoms with Crippen molar-refractivity contribution in [1.29, 1.82) is 0 Å². The summed E-state index contributed by atoms with van der Waals surface area (Å²) in [6, 6.07) is 7.56. The van der Waals surface area contributed by atoms with E-state index in [1.54, 1.807) is 28.6 Å². The van der Waals surface area contributed by atoms with Crippen molar-refractivity contribution in [1.82, 2.24) is 10.2 Å². The fourth-order valence-corrected chi connectivity index (χ4v) is 3.07. The molecule has 0 saturated carbocycles. The van der Waals surface area contributed by atoms with Gasteiger partial charge in [-0.1, -0.05) is 6.07 Å². The fourth-order valence-electron chi connectivity index (χ4n) is 2.42. The van der Waals surface area contributed by atoms with Crippen LogP contribution in [0.3, 0.4) is 0 Å². The van der Waals surface area contributed by atoms with Crippen LogP contribution < -0.4 is 5.32 Å². The lowest BCUT2D eigenvalue weighted by Crippen LogP contribution is -2.32. The van der Waals surface area contributed by atoms with E-state index in [2.05, 4.69) is 5.32 Å². The first-order chi connectivity index (χ1) is 10.2. The molecule has 3 heterocycles. The lowest BCUT2D eigenvalue weighted by Gasteiger charge is -2.14. The molecule has 0 aromatic carbocycles. The number of likely N-dealkylation sites (tertiary alicyclic amines) is 1. The van der Waals surface area contributed by atoms with Gasteiger partial charge in [-0.3, -0.25) is 9.59 Å². The van der Waals surface area contributed by atoms with Gasteiger partial charge in [-0.05, 0) is 23.6 Å². The summed E-state index contributed by atoms with van der Waals surface area (Å²) >= 11 is 1.61. The monoisotopic (exact) mass is 304 g/mol. The summed E-state index contributed by atoms with van der Waals surface area (Å²) in [5, 5.41) is 4.87. The van der Waals surface area contributed by atoms with Crippen molar-refractivity contribution in [3.05, 3.63) is 46.5 Å². The van der Waals surface area contributed by atoms with E-state index >= 15 is 0 Å². The Bertz CT molecular complexity index is 607. The number of hydrogen-bond donors (Lipinski definition) is 1. The second-order valence-electron chi connectivity index (χ2n) is 5.05. The minimum Gasteiger partial charge on any atom is -0.467 e. The van der Waals surface area contributed by atoms with Crippen LogP contribution in [0.1, 0.15) is 17.1 Å². The van der Waals surface area contributed by atoms with Gasteiger partial charge in [-0.15, -0.1) is 11.3 Å². The number of amides is 2. The van der Waals surface area contributed by atoms with Gasteiger partial charge >= 0.3 is 0 Å². The molecule has 1 aliphatic rings. The Hall–Kier alpha value is -2.08. The van der Waals surface area contributed by atoms with Crippen molar-refractivity contribution >= 4 is 23.2 Å². The highest BCUT2D eigenvalue weighted by Gasteiger charge is 2.34. The van der Waals surface area contributed by atoms with Gasteiger partial charge in [0.15, 0.2) is 0 Å². The van der Waals surface area contributed by atoms with Crippen molar-refractivity contribution < 1.29 is 14.0 Å². The molecule has 1 unspecified atom stereocenters. The van der Waals surface area contributed by atoms with Gasteiger partial charge in [0.25, 0.3) is 0 Å². The van der Waals surface area contributed by atoms with Crippen molar-refractivity contribution in [2.24, 2.45) is 5.92 Å². The Kier molecular flexibility index (Phi) is 4.06. The summed E-state index contributed by atoms with van der Waals surface area (Å²) in [6.07, 6.45) is 1.86. The van der Waals surface area contributed by atoms with Crippen LogP contribution in [0.2, 0.25) is 0 Å². The number of carbonyl (C=O) groups is 2. The van der Waals surface area contributed by atoms with Crippen LogP contribution in [0, 0.1) is 5.92 Å². The van der Waals surface area contributed by atoms with Gasteiger partial charge in [-0.25, -0.2) is 0 Å². The summed E-state index contributed by atoms with van der Waals surface area (Å²) in [5.74, 6) is 0.414. The van der Waals surface area contributed by atoms with Gasteiger partial charge in [0, 0.05) is 17.8 Å². The van der Waals surface area contributed by atoms with E-state index in [0.29, 0.717) is 19.6 Å². The molecule has 0 radical (unpaired) electrons. The first kappa shape index (κ1) is 13.9. The van der Waals surface area contributed by atoms with Gasteiger partial charge < -0.3 is 14.6 Å². The molecule has 0 bridgehead atoms. The summed E-state index contributed by atoms with van der Waals surface area (Å²) in [6.45, 7) is 1.41. The summed E-state index contributed by atoms with van der Waals surface area (Å²) in [4.78, 5) is 26.9. The van der Waals surface area contributed by atoms with Crippen LogP contribution in [0.25, 0.3) is 0 Å². The molecule has 6 heteroatoms. The largest absolute Gasteiger partial charge is 0.467 e. The molecule has 3 rings (SSSR count). The lowest BCUT2D eigenvalue weighted by molar-refractivity contribution is -0.129. The highest BCUT2D eigenvalue weighted by atomic mass is 32.1. The van der Waals surface area contributed by atoms with E-state index in [1.165, 1.54) is 0 Å². The van der Waals surface area contributed by atoms with Crippen molar-refractivity contribution in [3.8, 4) is 0 Å². The minimum atomic E-state index is -0.271. The minimum absolute atomic E-state index is 0.00248. The highest BCUT2D eigenvalue weighted by Crippen LogP contribution is 2.21. The number of nitrogens with one attached hydrogen (secondary N) is 1. The van der Waals surface area contributed by atoms with Gasteiger partial charge in [0.1, 0.15) is 5.76 Å².